The molecule has 0 radical (unpaired) electrons. The van der Waals surface area contributed by atoms with Crippen LogP contribution in [0.4, 0.5) is 26.3 Å². The highest BCUT2D eigenvalue weighted by Crippen LogP contribution is 2.40. The van der Waals surface area contributed by atoms with Gasteiger partial charge in [0.1, 0.15) is 11.4 Å². The van der Waals surface area contributed by atoms with Crippen molar-refractivity contribution < 1.29 is 31.1 Å². The lowest BCUT2D eigenvalue weighted by atomic mass is 10.3. The van der Waals surface area contributed by atoms with Crippen LogP contribution in [0.15, 0.2) is 36.8 Å². The molecular formula is C17H11F6N5O. The number of nitrogens with zero attached hydrogens (tertiary/aromatic N) is 5. The predicted molar refractivity (Wildman–Crippen MR) is 85.4 cm³/mol. The van der Waals surface area contributed by atoms with E-state index in [1.54, 1.807) is 0 Å². The summed E-state index contributed by atoms with van der Waals surface area (Å²) in [6, 6.07) is 3.05. The van der Waals surface area contributed by atoms with Gasteiger partial charge in [-0.1, -0.05) is 0 Å². The average Bonchev–Trinajstić information content (AvgIpc) is 3.36. The quantitative estimate of drug-likeness (QED) is 0.575. The van der Waals surface area contributed by atoms with Crippen LogP contribution in [0.2, 0.25) is 0 Å². The van der Waals surface area contributed by atoms with Crippen molar-refractivity contribution in [2.75, 3.05) is 0 Å². The molecule has 6 nitrogen and oxygen atoms in total. The number of aromatic nitrogens is 5. The molecule has 3 aromatic heterocycles. The third-order valence-corrected chi connectivity index (χ3v) is 4.08. The van der Waals surface area contributed by atoms with Crippen LogP contribution in [0, 0.1) is 0 Å². The highest BCUT2D eigenvalue weighted by Gasteiger charge is 2.34. The lowest BCUT2D eigenvalue weighted by Crippen LogP contribution is -2.08. The van der Waals surface area contributed by atoms with Crippen molar-refractivity contribution in [2.24, 2.45) is 0 Å². The van der Waals surface area contributed by atoms with Crippen molar-refractivity contribution in [3.05, 3.63) is 53.7 Å². The van der Waals surface area contributed by atoms with Gasteiger partial charge in [-0.15, -0.1) is 0 Å². The van der Waals surface area contributed by atoms with E-state index in [9.17, 15) is 26.3 Å². The molecule has 12 heteroatoms. The Morgan fingerprint density at radius 2 is 1.76 bits per heavy atom. The van der Waals surface area contributed by atoms with Crippen LogP contribution in [-0.4, -0.2) is 24.7 Å². The summed E-state index contributed by atoms with van der Waals surface area (Å²) < 4.78 is 83.2. The second kappa shape index (κ2) is 6.71. The van der Waals surface area contributed by atoms with Gasteiger partial charge in [0.2, 0.25) is 0 Å². The summed E-state index contributed by atoms with van der Waals surface area (Å²) in [5.74, 6) is -0.111. The molecular weight excluding hydrogens is 404 g/mol. The van der Waals surface area contributed by atoms with Gasteiger partial charge in [-0.05, 0) is 18.9 Å². The first-order valence-corrected chi connectivity index (χ1v) is 8.32. The van der Waals surface area contributed by atoms with Gasteiger partial charge < -0.3 is 4.74 Å². The Kier molecular flexibility index (Phi) is 4.43. The molecule has 152 valence electrons. The summed E-state index contributed by atoms with van der Waals surface area (Å²) in [5.41, 5.74) is -1.61. The fourth-order valence-corrected chi connectivity index (χ4v) is 2.51. The second-order valence-corrected chi connectivity index (χ2v) is 6.36. The van der Waals surface area contributed by atoms with Crippen LogP contribution in [0.25, 0.3) is 5.82 Å². The summed E-state index contributed by atoms with van der Waals surface area (Å²) in [5, 5.41) is 3.66. The van der Waals surface area contributed by atoms with E-state index in [-0.39, 0.29) is 23.5 Å². The number of hydrogen-bond donors (Lipinski definition) is 0. The topological polar surface area (TPSA) is 65.7 Å². The second-order valence-electron chi connectivity index (χ2n) is 6.36. The van der Waals surface area contributed by atoms with Crippen molar-refractivity contribution in [3.63, 3.8) is 0 Å². The maximum absolute atomic E-state index is 12.8. The molecule has 4 rings (SSSR count). The average molecular weight is 415 g/mol. The molecule has 0 aromatic carbocycles. The molecule has 0 saturated heterocycles. The van der Waals surface area contributed by atoms with Crippen molar-refractivity contribution in [1.29, 1.82) is 0 Å². The fraction of sp³-hybridized carbons (Fsp3) is 0.294. The SMILES string of the molecule is FC(F)(F)c1cnn(-c2cc(C3CC3)nc(Oc3ccnc(C(F)(F)F)c3)n2)c1. The van der Waals surface area contributed by atoms with Crippen LogP contribution in [0.1, 0.15) is 35.7 Å². The van der Waals surface area contributed by atoms with E-state index in [1.807, 2.05) is 0 Å². The molecule has 0 unspecified atom stereocenters. The van der Waals surface area contributed by atoms with E-state index in [1.165, 1.54) is 12.1 Å². The zero-order valence-electron chi connectivity index (χ0n) is 14.4. The first-order chi connectivity index (χ1) is 13.6. The zero-order chi connectivity index (χ0) is 20.8. The lowest BCUT2D eigenvalue weighted by Gasteiger charge is -2.10. The summed E-state index contributed by atoms with van der Waals surface area (Å²) in [6.45, 7) is 0. The monoisotopic (exact) mass is 415 g/mol. The van der Waals surface area contributed by atoms with Crippen molar-refractivity contribution in [3.8, 4) is 17.6 Å². The normalized spacial score (nSPS) is 14.8. The smallest absolute Gasteiger partial charge is 0.424 e. The highest BCUT2D eigenvalue weighted by molar-refractivity contribution is 5.33. The molecule has 1 aliphatic carbocycles. The minimum Gasteiger partial charge on any atom is -0.424 e. The molecule has 3 aromatic rings. The van der Waals surface area contributed by atoms with Gasteiger partial charge >= 0.3 is 18.4 Å². The number of rotatable bonds is 4. The van der Waals surface area contributed by atoms with E-state index in [4.69, 9.17) is 4.74 Å². The molecule has 1 saturated carbocycles. The Hall–Kier alpha value is -3.18. The third-order valence-electron chi connectivity index (χ3n) is 4.08. The molecule has 0 N–H and O–H groups in total. The Morgan fingerprint density at radius 3 is 2.38 bits per heavy atom. The number of alkyl halides is 6. The maximum Gasteiger partial charge on any atom is 0.433 e. The molecule has 0 bridgehead atoms. The van der Waals surface area contributed by atoms with Gasteiger partial charge in [-0.3, -0.25) is 4.98 Å². The maximum atomic E-state index is 12.8. The van der Waals surface area contributed by atoms with Crippen LogP contribution in [-0.2, 0) is 12.4 Å². The molecule has 1 fully saturated rings. The number of pyridine rings is 1. The Morgan fingerprint density at radius 1 is 1.00 bits per heavy atom. The van der Waals surface area contributed by atoms with E-state index < -0.39 is 23.6 Å². The van der Waals surface area contributed by atoms with Gasteiger partial charge in [-0.25, -0.2) is 4.68 Å². The Bertz CT molecular complexity index is 1040. The zero-order valence-corrected chi connectivity index (χ0v) is 14.4. The molecule has 3 heterocycles. The molecule has 0 spiro atoms. The van der Waals surface area contributed by atoms with Gasteiger partial charge in [0, 0.05) is 30.4 Å². The van der Waals surface area contributed by atoms with Crippen molar-refractivity contribution >= 4 is 0 Å². The van der Waals surface area contributed by atoms with Gasteiger partial charge in [0.15, 0.2) is 5.82 Å². The largest absolute Gasteiger partial charge is 0.433 e. The lowest BCUT2D eigenvalue weighted by molar-refractivity contribution is -0.141. The van der Waals surface area contributed by atoms with Gasteiger partial charge in [0.25, 0.3) is 0 Å². The van der Waals surface area contributed by atoms with Crippen LogP contribution < -0.4 is 4.74 Å². The molecule has 0 aliphatic heterocycles. The summed E-state index contributed by atoms with van der Waals surface area (Å²) in [4.78, 5) is 11.4. The third kappa shape index (κ3) is 4.30. The molecule has 1 aliphatic rings. The number of ether oxygens (including phenoxy) is 1. The van der Waals surface area contributed by atoms with E-state index in [2.05, 4.69) is 20.1 Å². The van der Waals surface area contributed by atoms with Crippen LogP contribution >= 0.6 is 0 Å². The summed E-state index contributed by atoms with van der Waals surface area (Å²) in [6.07, 6.45) is -5.24. The molecule has 0 atom stereocenters. The Labute approximate surface area is 159 Å². The fourth-order valence-electron chi connectivity index (χ4n) is 2.51. The minimum absolute atomic E-state index is 0.0116. The van der Waals surface area contributed by atoms with E-state index in [0.717, 1.165) is 29.9 Å². The Balaban J connectivity index is 1.69. The van der Waals surface area contributed by atoms with Crippen LogP contribution in [0.3, 0.4) is 0 Å². The van der Waals surface area contributed by atoms with E-state index >= 15 is 0 Å². The molecule has 0 amide bonds. The summed E-state index contributed by atoms with van der Waals surface area (Å²) >= 11 is 0. The summed E-state index contributed by atoms with van der Waals surface area (Å²) in [7, 11) is 0. The molecule has 29 heavy (non-hydrogen) atoms. The number of hydrogen-bond acceptors (Lipinski definition) is 5. The van der Waals surface area contributed by atoms with Crippen molar-refractivity contribution in [1.82, 2.24) is 24.7 Å². The van der Waals surface area contributed by atoms with Crippen molar-refractivity contribution in [2.45, 2.75) is 31.1 Å². The minimum atomic E-state index is -4.66. The van der Waals surface area contributed by atoms with E-state index in [0.29, 0.717) is 18.0 Å². The first-order valence-electron chi connectivity index (χ1n) is 8.32. The van der Waals surface area contributed by atoms with Crippen LogP contribution in [0.5, 0.6) is 11.8 Å². The van der Waals surface area contributed by atoms with Gasteiger partial charge in [0.05, 0.1) is 17.5 Å². The number of halogens is 6. The predicted octanol–water partition coefficient (Wildman–Crippen LogP) is 4.76. The first kappa shape index (κ1) is 19.2. The van der Waals surface area contributed by atoms with Gasteiger partial charge in [-0.2, -0.15) is 41.4 Å². The highest BCUT2D eigenvalue weighted by atomic mass is 19.4. The standard InChI is InChI=1S/C17H11F6N5O/c18-16(19,20)10-7-25-28(8-10)14-6-12(9-1-2-9)26-15(27-14)29-11-3-4-24-13(5-11)17(21,22)23/h3-9H,1-2H2.